The summed E-state index contributed by atoms with van der Waals surface area (Å²) in [6.07, 6.45) is 0.0189. The molecule has 0 radical (unpaired) electrons. The molecular formula is C23H22N4O3. The summed E-state index contributed by atoms with van der Waals surface area (Å²) in [6, 6.07) is 23.3. The summed E-state index contributed by atoms with van der Waals surface area (Å²) >= 11 is 0. The van der Waals surface area contributed by atoms with Crippen LogP contribution in [0, 0.1) is 0 Å². The van der Waals surface area contributed by atoms with Crippen molar-refractivity contribution in [2.75, 3.05) is 10.6 Å². The summed E-state index contributed by atoms with van der Waals surface area (Å²) < 4.78 is 0. The van der Waals surface area contributed by atoms with Crippen LogP contribution in [-0.4, -0.2) is 22.6 Å². The maximum absolute atomic E-state index is 12.2. The summed E-state index contributed by atoms with van der Waals surface area (Å²) in [6.45, 7) is 1.64. The van der Waals surface area contributed by atoms with E-state index in [1.807, 2.05) is 42.5 Å². The standard InChI is InChI=1S/C23H22N4O3/c1-16(26-27-23(30)20-9-5-6-10-21(20)28)15-22(29)25-19-13-11-18(12-14-19)24-17-7-3-2-4-8-17/h2-14,24,28H,15H2,1H3,(H,25,29)(H,27,30)/b26-16+. The third-order valence-corrected chi connectivity index (χ3v) is 4.14. The van der Waals surface area contributed by atoms with Crippen LogP contribution < -0.4 is 16.1 Å². The van der Waals surface area contributed by atoms with Gasteiger partial charge in [-0.3, -0.25) is 9.59 Å². The lowest BCUT2D eigenvalue weighted by molar-refractivity contribution is -0.115. The predicted molar refractivity (Wildman–Crippen MR) is 118 cm³/mol. The van der Waals surface area contributed by atoms with Crippen molar-refractivity contribution in [3.63, 3.8) is 0 Å². The van der Waals surface area contributed by atoms with Gasteiger partial charge in [-0.2, -0.15) is 5.10 Å². The Bertz CT molecular complexity index is 1050. The molecule has 0 bridgehead atoms. The number of aromatic hydroxyl groups is 1. The third-order valence-electron chi connectivity index (χ3n) is 4.14. The molecule has 30 heavy (non-hydrogen) atoms. The van der Waals surface area contributed by atoms with Crippen molar-refractivity contribution in [1.82, 2.24) is 5.43 Å². The fraction of sp³-hybridized carbons (Fsp3) is 0.0870. The van der Waals surface area contributed by atoms with Crippen LogP contribution in [-0.2, 0) is 4.79 Å². The fourth-order valence-electron chi connectivity index (χ4n) is 2.67. The lowest BCUT2D eigenvalue weighted by Gasteiger charge is -2.09. The van der Waals surface area contributed by atoms with Gasteiger partial charge in [-0.05, 0) is 55.5 Å². The van der Waals surface area contributed by atoms with Gasteiger partial charge in [0.05, 0.1) is 12.0 Å². The third kappa shape index (κ3) is 5.93. The molecule has 0 saturated carbocycles. The summed E-state index contributed by atoms with van der Waals surface area (Å²) in [5, 5.41) is 19.7. The summed E-state index contributed by atoms with van der Waals surface area (Å²) in [4.78, 5) is 24.2. The van der Waals surface area contributed by atoms with E-state index in [1.54, 1.807) is 31.2 Å². The maximum Gasteiger partial charge on any atom is 0.275 e. The monoisotopic (exact) mass is 402 g/mol. The molecule has 7 nitrogen and oxygen atoms in total. The first kappa shape index (κ1) is 20.6. The molecule has 0 aliphatic heterocycles. The molecule has 2 amide bonds. The normalized spacial score (nSPS) is 10.9. The van der Waals surface area contributed by atoms with Gasteiger partial charge in [0.25, 0.3) is 5.91 Å². The summed E-state index contributed by atoms with van der Waals surface area (Å²) in [5.74, 6) is -0.933. The van der Waals surface area contributed by atoms with E-state index in [9.17, 15) is 14.7 Å². The Kier molecular flexibility index (Phi) is 6.78. The highest BCUT2D eigenvalue weighted by atomic mass is 16.3. The highest BCUT2D eigenvalue weighted by molar-refractivity contribution is 6.06. The molecule has 4 N–H and O–H groups in total. The van der Waals surface area contributed by atoms with Crippen LogP contribution in [0.3, 0.4) is 0 Å². The van der Waals surface area contributed by atoms with E-state index in [1.165, 1.54) is 12.1 Å². The van der Waals surface area contributed by atoms with Crippen molar-refractivity contribution >= 4 is 34.6 Å². The molecule has 0 aliphatic carbocycles. The zero-order valence-corrected chi connectivity index (χ0v) is 16.4. The van der Waals surface area contributed by atoms with Gasteiger partial charge in [0, 0.05) is 22.8 Å². The molecule has 152 valence electrons. The molecule has 0 fully saturated rings. The number of nitrogens with one attached hydrogen (secondary N) is 3. The first-order chi connectivity index (χ1) is 14.5. The molecular weight excluding hydrogens is 380 g/mol. The minimum Gasteiger partial charge on any atom is -0.507 e. The Labute approximate surface area is 174 Å². The number of phenolic OH excluding ortho intramolecular Hbond substituents is 1. The van der Waals surface area contributed by atoms with E-state index < -0.39 is 5.91 Å². The molecule has 3 rings (SSSR count). The van der Waals surface area contributed by atoms with Gasteiger partial charge in [0.15, 0.2) is 0 Å². The van der Waals surface area contributed by atoms with Crippen LogP contribution in [0.2, 0.25) is 0 Å². The number of benzene rings is 3. The number of hydrogen-bond acceptors (Lipinski definition) is 5. The number of amides is 2. The summed E-state index contributed by atoms with van der Waals surface area (Å²) in [7, 11) is 0. The maximum atomic E-state index is 12.2. The number of rotatable bonds is 7. The number of anilines is 3. The number of carbonyl (C=O) groups is 2. The predicted octanol–water partition coefficient (Wildman–Crippen LogP) is 4.27. The van der Waals surface area contributed by atoms with Crippen LogP contribution >= 0.6 is 0 Å². The molecule has 0 unspecified atom stereocenters. The van der Waals surface area contributed by atoms with Gasteiger partial charge in [-0.25, -0.2) is 5.43 Å². The molecule has 0 aromatic heterocycles. The second kappa shape index (κ2) is 9.88. The van der Waals surface area contributed by atoms with Crippen molar-refractivity contribution in [3.8, 4) is 5.75 Å². The van der Waals surface area contributed by atoms with Crippen molar-refractivity contribution in [2.45, 2.75) is 13.3 Å². The highest BCUT2D eigenvalue weighted by Crippen LogP contribution is 2.19. The lowest BCUT2D eigenvalue weighted by Crippen LogP contribution is -2.21. The SMILES string of the molecule is C/C(CC(=O)Nc1ccc(Nc2ccccc2)cc1)=N\NC(=O)c1ccccc1O. The topological polar surface area (TPSA) is 103 Å². The Morgan fingerprint density at radius 1 is 0.833 bits per heavy atom. The van der Waals surface area contributed by atoms with Crippen LogP contribution in [0.15, 0.2) is 84.0 Å². The van der Waals surface area contributed by atoms with Crippen molar-refractivity contribution in [2.24, 2.45) is 5.10 Å². The molecule has 0 aliphatic rings. The molecule has 3 aromatic carbocycles. The van der Waals surface area contributed by atoms with E-state index in [2.05, 4.69) is 21.2 Å². The van der Waals surface area contributed by atoms with Crippen molar-refractivity contribution < 1.29 is 14.7 Å². The van der Waals surface area contributed by atoms with Gasteiger partial charge >= 0.3 is 0 Å². The van der Waals surface area contributed by atoms with Gasteiger partial charge in [-0.15, -0.1) is 0 Å². The largest absolute Gasteiger partial charge is 0.507 e. The van der Waals surface area contributed by atoms with Gasteiger partial charge < -0.3 is 15.7 Å². The van der Waals surface area contributed by atoms with Crippen LogP contribution in [0.25, 0.3) is 0 Å². The zero-order chi connectivity index (χ0) is 21.3. The number of carbonyl (C=O) groups excluding carboxylic acids is 2. The van der Waals surface area contributed by atoms with Gasteiger partial charge in [0.2, 0.25) is 5.91 Å². The van der Waals surface area contributed by atoms with Crippen LogP contribution in [0.5, 0.6) is 5.75 Å². The first-order valence-corrected chi connectivity index (χ1v) is 9.35. The van der Waals surface area contributed by atoms with E-state index in [-0.39, 0.29) is 23.6 Å². The van der Waals surface area contributed by atoms with Crippen molar-refractivity contribution in [3.05, 3.63) is 84.4 Å². The second-order valence-electron chi connectivity index (χ2n) is 6.60. The number of phenols is 1. The second-order valence-corrected chi connectivity index (χ2v) is 6.60. The summed E-state index contributed by atoms with van der Waals surface area (Å²) in [5.41, 5.74) is 5.43. The molecule has 0 spiro atoms. The van der Waals surface area contributed by atoms with E-state index >= 15 is 0 Å². The minimum absolute atomic E-state index is 0.0189. The quantitative estimate of drug-likeness (QED) is 0.350. The lowest BCUT2D eigenvalue weighted by atomic mass is 10.2. The van der Waals surface area contributed by atoms with Gasteiger partial charge in [0.1, 0.15) is 5.75 Å². The molecule has 0 heterocycles. The van der Waals surface area contributed by atoms with E-state index in [4.69, 9.17) is 0 Å². The zero-order valence-electron chi connectivity index (χ0n) is 16.4. The molecule has 0 saturated heterocycles. The van der Waals surface area contributed by atoms with Crippen LogP contribution in [0.1, 0.15) is 23.7 Å². The average Bonchev–Trinajstić information content (AvgIpc) is 2.74. The number of hydrogen-bond donors (Lipinski definition) is 4. The van der Waals surface area contributed by atoms with E-state index in [0.29, 0.717) is 11.4 Å². The van der Waals surface area contributed by atoms with Crippen LogP contribution in [0.4, 0.5) is 17.1 Å². The smallest absolute Gasteiger partial charge is 0.275 e. The number of nitrogens with zero attached hydrogens (tertiary/aromatic N) is 1. The van der Waals surface area contributed by atoms with Crippen molar-refractivity contribution in [1.29, 1.82) is 0 Å². The Balaban J connectivity index is 1.50. The molecule has 0 atom stereocenters. The molecule has 7 heteroatoms. The average molecular weight is 402 g/mol. The first-order valence-electron chi connectivity index (χ1n) is 9.35. The number of para-hydroxylation sites is 2. The minimum atomic E-state index is -0.547. The Hall–Kier alpha value is -4.13. The van der Waals surface area contributed by atoms with Gasteiger partial charge in [-0.1, -0.05) is 30.3 Å². The van der Waals surface area contributed by atoms with E-state index in [0.717, 1.165) is 11.4 Å². The number of hydrazone groups is 1. The molecule has 3 aromatic rings. The Morgan fingerprint density at radius 3 is 2.13 bits per heavy atom. The fourth-order valence-corrected chi connectivity index (χ4v) is 2.67. The Morgan fingerprint density at radius 2 is 1.43 bits per heavy atom. The highest BCUT2D eigenvalue weighted by Gasteiger charge is 2.10.